The second-order valence-corrected chi connectivity index (χ2v) is 6.38. The third-order valence-corrected chi connectivity index (χ3v) is 4.98. The quantitative estimate of drug-likeness (QED) is 0.917. The van der Waals surface area contributed by atoms with Crippen LogP contribution in [0.3, 0.4) is 0 Å². The van der Waals surface area contributed by atoms with Crippen molar-refractivity contribution in [3.8, 4) is 0 Å². The van der Waals surface area contributed by atoms with Crippen LogP contribution in [0.15, 0.2) is 18.2 Å². The number of halogens is 2. The molecule has 0 saturated carbocycles. The van der Waals surface area contributed by atoms with E-state index in [1.807, 2.05) is 0 Å². The van der Waals surface area contributed by atoms with E-state index in [4.69, 9.17) is 11.6 Å². The molecule has 0 aliphatic carbocycles. The molecule has 2 saturated heterocycles. The van der Waals surface area contributed by atoms with Crippen molar-refractivity contribution >= 4 is 11.6 Å². The average Bonchev–Trinajstić information content (AvgIpc) is 2.97. The molecule has 1 aromatic rings. The van der Waals surface area contributed by atoms with Crippen LogP contribution in [0.1, 0.15) is 37.7 Å². The van der Waals surface area contributed by atoms with Gasteiger partial charge in [0.05, 0.1) is 0 Å². The number of nitrogens with zero attached hydrogens (tertiary/aromatic N) is 1. The summed E-state index contributed by atoms with van der Waals surface area (Å²) in [5.74, 6) is -0.197. The Bertz CT molecular complexity index is 460. The summed E-state index contributed by atoms with van der Waals surface area (Å²) in [5.41, 5.74) is 0.913. The smallest absolute Gasteiger partial charge is 0.123 e. The van der Waals surface area contributed by atoms with Gasteiger partial charge in [-0.25, -0.2) is 4.39 Å². The molecule has 110 valence electrons. The van der Waals surface area contributed by atoms with E-state index in [2.05, 4.69) is 10.2 Å². The highest BCUT2D eigenvalue weighted by atomic mass is 35.5. The number of hydrogen-bond acceptors (Lipinski definition) is 2. The Kier molecular flexibility index (Phi) is 4.59. The first-order chi connectivity index (χ1) is 9.74. The largest absolute Gasteiger partial charge is 0.312 e. The Labute approximate surface area is 125 Å². The van der Waals surface area contributed by atoms with Gasteiger partial charge in [-0.05, 0) is 62.5 Å². The average molecular weight is 297 g/mol. The van der Waals surface area contributed by atoms with E-state index >= 15 is 0 Å². The van der Waals surface area contributed by atoms with Gasteiger partial charge in [0.2, 0.25) is 0 Å². The van der Waals surface area contributed by atoms with Crippen LogP contribution >= 0.6 is 11.6 Å². The van der Waals surface area contributed by atoms with Gasteiger partial charge in [-0.1, -0.05) is 18.0 Å². The Balaban J connectivity index is 1.74. The molecule has 0 radical (unpaired) electrons. The minimum absolute atomic E-state index is 0.197. The fraction of sp³-hybridized carbons (Fsp3) is 0.625. The molecule has 2 heterocycles. The molecular weight excluding hydrogens is 275 g/mol. The van der Waals surface area contributed by atoms with Crippen LogP contribution in [0.4, 0.5) is 4.39 Å². The molecule has 2 atom stereocenters. The minimum atomic E-state index is -0.197. The Morgan fingerprint density at radius 1 is 1.25 bits per heavy atom. The van der Waals surface area contributed by atoms with Crippen LogP contribution in [0.25, 0.3) is 0 Å². The van der Waals surface area contributed by atoms with Crippen LogP contribution in [0.2, 0.25) is 5.02 Å². The second-order valence-electron chi connectivity index (χ2n) is 5.97. The number of piperidine rings is 1. The van der Waals surface area contributed by atoms with Crippen molar-refractivity contribution in [1.82, 2.24) is 10.2 Å². The van der Waals surface area contributed by atoms with Crippen molar-refractivity contribution in [2.75, 3.05) is 13.1 Å². The normalized spacial score (nSPS) is 27.9. The molecule has 1 N–H and O–H groups in total. The van der Waals surface area contributed by atoms with Crippen molar-refractivity contribution in [2.24, 2.45) is 0 Å². The van der Waals surface area contributed by atoms with Gasteiger partial charge in [-0.3, -0.25) is 4.90 Å². The molecule has 0 amide bonds. The van der Waals surface area contributed by atoms with E-state index in [0.717, 1.165) is 25.2 Å². The fourth-order valence-corrected chi connectivity index (χ4v) is 3.77. The van der Waals surface area contributed by atoms with Crippen molar-refractivity contribution < 1.29 is 4.39 Å². The molecule has 0 bridgehead atoms. The molecule has 2 aliphatic rings. The van der Waals surface area contributed by atoms with Gasteiger partial charge in [0.25, 0.3) is 0 Å². The predicted molar refractivity (Wildman–Crippen MR) is 80.5 cm³/mol. The lowest BCUT2D eigenvalue weighted by Gasteiger charge is -2.39. The van der Waals surface area contributed by atoms with Crippen molar-refractivity contribution in [3.63, 3.8) is 0 Å². The standard InChI is InChI=1S/C16H22ClFN2/c17-14-7-6-13(18)10-12(14)11-20-9-2-1-5-16(20)15-4-3-8-19-15/h6-7,10,15-16,19H,1-5,8-9,11H2. The van der Waals surface area contributed by atoms with E-state index in [0.29, 0.717) is 17.1 Å². The van der Waals surface area contributed by atoms with Crippen LogP contribution in [-0.2, 0) is 6.54 Å². The minimum Gasteiger partial charge on any atom is -0.312 e. The predicted octanol–water partition coefficient (Wildman–Crippen LogP) is 3.59. The van der Waals surface area contributed by atoms with Crippen molar-refractivity contribution in [1.29, 1.82) is 0 Å². The van der Waals surface area contributed by atoms with Crippen LogP contribution in [0.5, 0.6) is 0 Å². The molecular formula is C16H22ClFN2. The Morgan fingerprint density at radius 3 is 2.95 bits per heavy atom. The number of likely N-dealkylation sites (tertiary alicyclic amines) is 1. The third-order valence-electron chi connectivity index (χ3n) is 4.61. The third kappa shape index (κ3) is 3.16. The fourth-order valence-electron chi connectivity index (χ4n) is 3.59. The number of benzene rings is 1. The first kappa shape index (κ1) is 14.3. The van der Waals surface area contributed by atoms with Gasteiger partial charge in [-0.2, -0.15) is 0 Å². The van der Waals surface area contributed by atoms with E-state index in [-0.39, 0.29) is 5.82 Å². The highest BCUT2D eigenvalue weighted by molar-refractivity contribution is 6.31. The van der Waals surface area contributed by atoms with Crippen molar-refractivity contribution in [3.05, 3.63) is 34.6 Å². The molecule has 2 nitrogen and oxygen atoms in total. The van der Waals surface area contributed by atoms with E-state index in [1.165, 1.54) is 38.2 Å². The zero-order chi connectivity index (χ0) is 13.9. The van der Waals surface area contributed by atoms with Gasteiger partial charge in [0.15, 0.2) is 0 Å². The number of rotatable bonds is 3. The lowest BCUT2D eigenvalue weighted by atomic mass is 9.94. The summed E-state index contributed by atoms with van der Waals surface area (Å²) in [7, 11) is 0. The first-order valence-electron chi connectivity index (χ1n) is 7.65. The summed E-state index contributed by atoms with van der Waals surface area (Å²) in [6.45, 7) is 2.99. The highest BCUT2D eigenvalue weighted by Crippen LogP contribution is 2.27. The van der Waals surface area contributed by atoms with E-state index in [1.54, 1.807) is 12.1 Å². The molecule has 2 fully saturated rings. The van der Waals surface area contributed by atoms with Gasteiger partial charge >= 0.3 is 0 Å². The number of hydrogen-bond donors (Lipinski definition) is 1. The van der Waals surface area contributed by atoms with Crippen LogP contribution < -0.4 is 5.32 Å². The molecule has 0 aromatic heterocycles. The molecule has 2 unspecified atom stereocenters. The summed E-state index contributed by atoms with van der Waals surface area (Å²) >= 11 is 6.21. The maximum absolute atomic E-state index is 13.4. The second kappa shape index (κ2) is 6.42. The van der Waals surface area contributed by atoms with Gasteiger partial charge in [0, 0.05) is 23.7 Å². The Hall–Kier alpha value is -0.640. The zero-order valence-corrected chi connectivity index (χ0v) is 12.5. The molecule has 2 aliphatic heterocycles. The summed E-state index contributed by atoms with van der Waals surface area (Å²) < 4.78 is 13.4. The lowest BCUT2D eigenvalue weighted by molar-refractivity contribution is 0.112. The van der Waals surface area contributed by atoms with E-state index in [9.17, 15) is 4.39 Å². The highest BCUT2D eigenvalue weighted by Gasteiger charge is 2.31. The number of nitrogens with one attached hydrogen (secondary N) is 1. The van der Waals surface area contributed by atoms with E-state index < -0.39 is 0 Å². The first-order valence-corrected chi connectivity index (χ1v) is 8.03. The van der Waals surface area contributed by atoms with Crippen LogP contribution in [-0.4, -0.2) is 30.1 Å². The Morgan fingerprint density at radius 2 is 2.15 bits per heavy atom. The summed E-state index contributed by atoms with van der Waals surface area (Å²) in [6, 6.07) is 5.85. The summed E-state index contributed by atoms with van der Waals surface area (Å²) in [5, 5.41) is 4.30. The monoisotopic (exact) mass is 296 g/mol. The van der Waals surface area contributed by atoms with Gasteiger partial charge in [-0.15, -0.1) is 0 Å². The molecule has 0 spiro atoms. The summed E-state index contributed by atoms with van der Waals surface area (Å²) in [4.78, 5) is 2.49. The van der Waals surface area contributed by atoms with Gasteiger partial charge in [0.1, 0.15) is 5.82 Å². The molecule has 4 heteroatoms. The SMILES string of the molecule is Fc1ccc(Cl)c(CN2CCCCC2C2CCCN2)c1. The van der Waals surface area contributed by atoms with Crippen molar-refractivity contribution in [2.45, 2.75) is 50.7 Å². The maximum atomic E-state index is 13.4. The topological polar surface area (TPSA) is 15.3 Å². The lowest BCUT2D eigenvalue weighted by Crippen LogP contribution is -2.49. The summed E-state index contributed by atoms with van der Waals surface area (Å²) in [6.07, 6.45) is 6.31. The molecule has 20 heavy (non-hydrogen) atoms. The maximum Gasteiger partial charge on any atom is 0.123 e. The zero-order valence-electron chi connectivity index (χ0n) is 11.7. The van der Waals surface area contributed by atoms with Gasteiger partial charge < -0.3 is 5.32 Å². The molecule has 1 aromatic carbocycles. The van der Waals surface area contributed by atoms with Crippen LogP contribution in [0, 0.1) is 5.82 Å². The molecule has 3 rings (SSSR count).